The molecular formula is C18H26IN7. The fourth-order valence-electron chi connectivity index (χ4n) is 5.32. The first-order chi connectivity index (χ1) is 12.6. The molecule has 2 aliphatic heterocycles. The number of halogens is 1. The van der Waals surface area contributed by atoms with Crippen LogP contribution in [-0.4, -0.2) is 67.8 Å². The second-order valence-electron chi connectivity index (χ2n) is 8.16. The van der Waals surface area contributed by atoms with E-state index in [1.54, 1.807) is 6.33 Å². The topological polar surface area (TPSA) is 76.1 Å². The Morgan fingerprint density at radius 1 is 0.962 bits per heavy atom. The van der Waals surface area contributed by atoms with Crippen LogP contribution in [0.25, 0.3) is 11.0 Å². The number of nitrogen functional groups attached to an aromatic ring is 1. The first-order valence-corrected chi connectivity index (χ1v) is 10.8. The van der Waals surface area contributed by atoms with Crippen molar-refractivity contribution in [2.45, 2.75) is 62.7 Å². The van der Waals surface area contributed by atoms with Gasteiger partial charge < -0.3 is 5.73 Å². The van der Waals surface area contributed by atoms with Gasteiger partial charge in [-0.2, -0.15) is 5.10 Å². The molecule has 1 aliphatic carbocycles. The van der Waals surface area contributed by atoms with Crippen LogP contribution in [0.5, 0.6) is 0 Å². The van der Waals surface area contributed by atoms with Gasteiger partial charge in [-0.15, -0.1) is 0 Å². The number of fused-ring (bicyclic) bond motifs is 3. The van der Waals surface area contributed by atoms with Crippen LogP contribution >= 0.6 is 22.6 Å². The minimum absolute atomic E-state index is 0.427. The maximum Gasteiger partial charge on any atom is 0.164 e. The molecule has 3 aliphatic rings. The summed E-state index contributed by atoms with van der Waals surface area (Å²) < 4.78 is 3.02. The first-order valence-electron chi connectivity index (χ1n) is 9.72. The van der Waals surface area contributed by atoms with E-state index in [9.17, 15) is 0 Å². The predicted octanol–water partition coefficient (Wildman–Crippen LogP) is 2.28. The molecular weight excluding hydrogens is 441 g/mol. The Hall–Kier alpha value is -1.00. The molecule has 0 aromatic carbocycles. The zero-order valence-corrected chi connectivity index (χ0v) is 17.3. The molecule has 7 nitrogen and oxygen atoms in total. The molecule has 8 heteroatoms. The van der Waals surface area contributed by atoms with Gasteiger partial charge in [0, 0.05) is 31.2 Å². The fourth-order valence-corrected chi connectivity index (χ4v) is 6.07. The summed E-state index contributed by atoms with van der Waals surface area (Å²) in [4.78, 5) is 14.0. The maximum atomic E-state index is 6.04. The van der Waals surface area contributed by atoms with Gasteiger partial charge in [0.2, 0.25) is 0 Å². The number of hydrogen-bond acceptors (Lipinski definition) is 6. The lowest BCUT2D eigenvalue weighted by Crippen LogP contribution is -2.55. The standard InChI is InChI=1S/C18H26IN7/c1-24-13-6-7-14(24)9-25(8-13)11-2-4-12(5-3-11)26-18-15(16(19)23-26)17(20)21-10-22-18/h10-14H,2-9H2,1H3,(H2,20,21,22)/t11?,12?,13-,14-/m1/s1. The van der Waals surface area contributed by atoms with Crippen molar-refractivity contribution in [1.29, 1.82) is 0 Å². The van der Waals surface area contributed by atoms with Gasteiger partial charge in [0.25, 0.3) is 0 Å². The van der Waals surface area contributed by atoms with E-state index in [0.717, 1.165) is 32.9 Å². The Morgan fingerprint density at radius 3 is 2.27 bits per heavy atom. The molecule has 3 fully saturated rings. The molecule has 26 heavy (non-hydrogen) atoms. The van der Waals surface area contributed by atoms with Crippen molar-refractivity contribution in [3.05, 3.63) is 10.0 Å². The van der Waals surface area contributed by atoms with Crippen LogP contribution in [0, 0.1) is 3.70 Å². The average Bonchev–Trinajstić information content (AvgIpc) is 3.07. The number of piperazine rings is 1. The van der Waals surface area contributed by atoms with Crippen molar-refractivity contribution >= 4 is 39.4 Å². The van der Waals surface area contributed by atoms with E-state index in [0.29, 0.717) is 11.9 Å². The largest absolute Gasteiger partial charge is 0.383 e. The molecule has 0 radical (unpaired) electrons. The Morgan fingerprint density at radius 2 is 1.58 bits per heavy atom. The highest BCUT2D eigenvalue weighted by atomic mass is 127. The fraction of sp³-hybridized carbons (Fsp3) is 0.722. The predicted molar refractivity (Wildman–Crippen MR) is 110 cm³/mol. The summed E-state index contributed by atoms with van der Waals surface area (Å²) in [7, 11) is 2.31. The number of aromatic nitrogens is 4. The zero-order valence-electron chi connectivity index (χ0n) is 15.2. The van der Waals surface area contributed by atoms with Gasteiger partial charge in [-0.05, 0) is 68.2 Å². The third-order valence-corrected chi connectivity index (χ3v) is 7.63. The van der Waals surface area contributed by atoms with E-state index < -0.39 is 0 Å². The third kappa shape index (κ3) is 2.72. The highest BCUT2D eigenvalue weighted by Crippen LogP contribution is 2.37. The van der Waals surface area contributed by atoms with Gasteiger partial charge in [0.15, 0.2) is 5.65 Å². The van der Waals surface area contributed by atoms with Crippen LogP contribution in [0.1, 0.15) is 44.6 Å². The summed E-state index contributed by atoms with van der Waals surface area (Å²) in [5.41, 5.74) is 6.93. The first kappa shape index (κ1) is 17.1. The Balaban J connectivity index is 1.30. The van der Waals surface area contributed by atoms with Gasteiger partial charge in [0.05, 0.1) is 11.4 Å². The molecule has 140 valence electrons. The molecule has 2 saturated heterocycles. The summed E-state index contributed by atoms with van der Waals surface area (Å²) in [6, 6.07) is 2.73. The van der Waals surface area contributed by atoms with E-state index >= 15 is 0 Å². The quantitative estimate of drug-likeness (QED) is 0.684. The number of anilines is 1. The Bertz CT molecular complexity index is 799. The highest BCUT2D eigenvalue weighted by molar-refractivity contribution is 14.1. The Kier molecular flexibility index (Phi) is 4.32. The van der Waals surface area contributed by atoms with Crippen LogP contribution in [-0.2, 0) is 0 Å². The number of nitrogens with zero attached hydrogens (tertiary/aromatic N) is 6. The molecule has 0 spiro atoms. The smallest absolute Gasteiger partial charge is 0.164 e. The highest BCUT2D eigenvalue weighted by Gasteiger charge is 2.40. The van der Waals surface area contributed by atoms with Crippen molar-refractivity contribution in [3.8, 4) is 0 Å². The van der Waals surface area contributed by atoms with Crippen molar-refractivity contribution in [2.75, 3.05) is 25.9 Å². The average molecular weight is 467 g/mol. The second-order valence-corrected chi connectivity index (χ2v) is 9.18. The minimum Gasteiger partial charge on any atom is -0.383 e. The summed E-state index contributed by atoms with van der Waals surface area (Å²) in [6.07, 6.45) is 9.17. The second kappa shape index (κ2) is 6.56. The molecule has 2 aromatic heterocycles. The Labute approximate surface area is 167 Å². The van der Waals surface area contributed by atoms with Crippen molar-refractivity contribution in [2.24, 2.45) is 0 Å². The SMILES string of the molecule is CN1[C@@H]2CC[C@@H]1CN(C1CCC(n3nc(I)c4c(N)ncnc43)CC1)C2. The number of rotatable bonds is 2. The summed E-state index contributed by atoms with van der Waals surface area (Å²) in [6.45, 7) is 2.52. The lowest BCUT2D eigenvalue weighted by atomic mass is 9.89. The number of hydrogen-bond donors (Lipinski definition) is 1. The van der Waals surface area contributed by atoms with Gasteiger partial charge >= 0.3 is 0 Å². The van der Waals surface area contributed by atoms with Gasteiger partial charge in [-0.1, -0.05) is 0 Å². The van der Waals surface area contributed by atoms with E-state index in [4.69, 9.17) is 10.8 Å². The molecule has 2 bridgehead atoms. The van der Waals surface area contributed by atoms with E-state index in [-0.39, 0.29) is 0 Å². The maximum absolute atomic E-state index is 6.04. The van der Waals surface area contributed by atoms with Crippen molar-refractivity contribution in [3.63, 3.8) is 0 Å². The van der Waals surface area contributed by atoms with Gasteiger partial charge in [-0.25, -0.2) is 14.6 Å². The minimum atomic E-state index is 0.427. The molecule has 4 heterocycles. The van der Waals surface area contributed by atoms with Crippen LogP contribution in [0.15, 0.2) is 6.33 Å². The normalized spacial score (nSPS) is 33.2. The zero-order chi connectivity index (χ0) is 17.8. The molecule has 0 unspecified atom stereocenters. The lowest BCUT2D eigenvalue weighted by Gasteiger charge is -2.44. The number of likely N-dealkylation sites (tertiary alicyclic amines) is 1. The van der Waals surface area contributed by atoms with Gasteiger partial charge in [-0.3, -0.25) is 9.80 Å². The summed E-state index contributed by atoms with van der Waals surface area (Å²) in [5, 5.41) is 5.66. The molecule has 1 saturated carbocycles. The van der Waals surface area contributed by atoms with E-state index in [1.165, 1.54) is 51.6 Å². The molecule has 0 amide bonds. The van der Waals surface area contributed by atoms with Crippen LogP contribution in [0.4, 0.5) is 5.82 Å². The van der Waals surface area contributed by atoms with Gasteiger partial charge in [0.1, 0.15) is 15.8 Å². The number of nitrogens with two attached hydrogens (primary N) is 1. The van der Waals surface area contributed by atoms with Crippen molar-refractivity contribution in [1.82, 2.24) is 29.5 Å². The van der Waals surface area contributed by atoms with Crippen molar-refractivity contribution < 1.29 is 0 Å². The lowest BCUT2D eigenvalue weighted by molar-refractivity contribution is 0.0393. The van der Waals surface area contributed by atoms with Crippen LogP contribution in [0.3, 0.4) is 0 Å². The molecule has 5 rings (SSSR count). The third-order valence-electron chi connectivity index (χ3n) is 6.88. The van der Waals surface area contributed by atoms with E-state index in [1.807, 2.05) is 0 Å². The van der Waals surface area contributed by atoms with E-state index in [2.05, 4.69) is 54.1 Å². The molecule has 2 aromatic rings. The molecule has 2 N–H and O–H groups in total. The van der Waals surface area contributed by atoms with Crippen LogP contribution in [0.2, 0.25) is 0 Å². The molecule has 2 atom stereocenters. The van der Waals surface area contributed by atoms with Crippen LogP contribution < -0.4 is 5.73 Å². The monoisotopic (exact) mass is 467 g/mol. The summed E-state index contributed by atoms with van der Waals surface area (Å²) in [5.74, 6) is 0.534. The number of likely N-dealkylation sites (N-methyl/N-ethyl adjacent to an activating group) is 1. The summed E-state index contributed by atoms with van der Waals surface area (Å²) >= 11 is 2.25.